The average molecular weight is 640 g/mol. The average Bonchev–Trinajstić information content (AvgIpc) is 3.22. The predicted molar refractivity (Wildman–Crippen MR) is 146 cm³/mol. The Morgan fingerprint density at radius 3 is 2.20 bits per heavy atom. The summed E-state index contributed by atoms with van der Waals surface area (Å²) >= 11 is 0. The number of hydrogen-bond acceptors (Lipinski definition) is 1. The van der Waals surface area contributed by atoms with Crippen molar-refractivity contribution in [2.45, 2.75) is 66.7 Å². The van der Waals surface area contributed by atoms with Crippen molar-refractivity contribution >= 4 is 27.3 Å². The Hall–Kier alpha value is -2.48. The molecular formula is C32H35IrN2-. The van der Waals surface area contributed by atoms with Crippen molar-refractivity contribution in [3.05, 3.63) is 83.6 Å². The third kappa shape index (κ3) is 4.57. The summed E-state index contributed by atoms with van der Waals surface area (Å²) in [6.45, 7) is 16.0. The summed E-state index contributed by atoms with van der Waals surface area (Å²) in [4.78, 5) is 4.99. The van der Waals surface area contributed by atoms with Crippen LogP contribution in [-0.2, 0) is 26.5 Å². The van der Waals surface area contributed by atoms with Gasteiger partial charge in [-0.2, -0.15) is 0 Å². The molecule has 2 nitrogen and oxygen atoms in total. The largest absolute Gasteiger partial charge is 0.333 e. The van der Waals surface area contributed by atoms with Crippen molar-refractivity contribution in [2.75, 3.05) is 0 Å². The fraction of sp³-hybridized carbons (Fsp3) is 0.344. The van der Waals surface area contributed by atoms with Gasteiger partial charge in [0.05, 0.1) is 11.3 Å². The van der Waals surface area contributed by atoms with Crippen LogP contribution in [0.1, 0.15) is 77.0 Å². The molecule has 0 saturated heterocycles. The maximum absolute atomic E-state index is 4.99. The number of imidazole rings is 1. The van der Waals surface area contributed by atoms with Gasteiger partial charge in [0.1, 0.15) is 0 Å². The summed E-state index contributed by atoms with van der Waals surface area (Å²) in [5, 5.41) is 3.58. The number of benzene rings is 3. The molecule has 2 heterocycles. The fourth-order valence-electron chi connectivity index (χ4n) is 5.36. The SMILES string of the molecule is CC(C)c1cccc(C(C)C)c1-c1cnc2c3[c-]cccc3c3cc(CC(C)(C)C)ccc3n12.[Ir]. The number of rotatable bonds is 4. The third-order valence-electron chi connectivity index (χ3n) is 6.80. The van der Waals surface area contributed by atoms with E-state index in [0.29, 0.717) is 11.8 Å². The van der Waals surface area contributed by atoms with E-state index in [9.17, 15) is 0 Å². The van der Waals surface area contributed by atoms with E-state index < -0.39 is 0 Å². The van der Waals surface area contributed by atoms with Crippen molar-refractivity contribution < 1.29 is 20.1 Å². The Morgan fingerprint density at radius 2 is 1.57 bits per heavy atom. The topological polar surface area (TPSA) is 17.3 Å². The van der Waals surface area contributed by atoms with E-state index in [4.69, 9.17) is 4.98 Å². The summed E-state index contributed by atoms with van der Waals surface area (Å²) in [5.41, 5.74) is 9.06. The van der Waals surface area contributed by atoms with Crippen LogP contribution >= 0.6 is 0 Å². The molecule has 5 aromatic rings. The molecule has 0 bridgehead atoms. The predicted octanol–water partition coefficient (Wildman–Crippen LogP) is 8.94. The smallest absolute Gasteiger partial charge is 0.0639 e. The second kappa shape index (κ2) is 9.52. The molecular weight excluding hydrogens is 605 g/mol. The Balaban J connectivity index is 0.00000289. The Labute approximate surface area is 223 Å². The zero-order chi connectivity index (χ0) is 24.2. The standard InChI is InChI=1S/C32H35N2.Ir/c1-20(2)23-13-10-14-24(21(3)4)30(23)29-19-33-31-26-12-9-8-11-25(26)27-17-22(18-32(5,6)7)15-16-28(27)34(29)31;/h8-11,13-17,19-21H,18H2,1-7H3;/q-1;. The van der Waals surface area contributed by atoms with Gasteiger partial charge in [-0.3, -0.25) is 4.98 Å². The molecule has 0 aliphatic heterocycles. The summed E-state index contributed by atoms with van der Waals surface area (Å²) in [6, 6.07) is 23.6. The summed E-state index contributed by atoms with van der Waals surface area (Å²) in [6.07, 6.45) is 3.12. The van der Waals surface area contributed by atoms with Gasteiger partial charge in [0, 0.05) is 37.4 Å². The quantitative estimate of drug-likeness (QED) is 0.142. The van der Waals surface area contributed by atoms with Gasteiger partial charge < -0.3 is 4.40 Å². The first-order valence-corrected chi connectivity index (χ1v) is 12.5. The van der Waals surface area contributed by atoms with E-state index in [1.807, 2.05) is 6.07 Å². The molecule has 2 aromatic heterocycles. The molecule has 0 fully saturated rings. The van der Waals surface area contributed by atoms with E-state index in [1.165, 1.54) is 44.2 Å². The molecule has 0 N–H and O–H groups in total. The maximum Gasteiger partial charge on any atom is 0.0639 e. The summed E-state index contributed by atoms with van der Waals surface area (Å²) in [5.74, 6) is 0.854. The van der Waals surface area contributed by atoms with Crippen LogP contribution in [-0.4, -0.2) is 9.38 Å². The van der Waals surface area contributed by atoms with Crippen LogP contribution < -0.4 is 0 Å². The van der Waals surface area contributed by atoms with Gasteiger partial charge in [0.15, 0.2) is 0 Å². The van der Waals surface area contributed by atoms with Crippen LogP contribution in [0.15, 0.2) is 60.8 Å². The number of aromatic nitrogens is 2. The molecule has 183 valence electrons. The first-order valence-electron chi connectivity index (χ1n) is 12.5. The van der Waals surface area contributed by atoms with Crippen molar-refractivity contribution in [2.24, 2.45) is 5.41 Å². The van der Waals surface area contributed by atoms with Crippen LogP contribution in [0.4, 0.5) is 0 Å². The van der Waals surface area contributed by atoms with Crippen LogP contribution in [0.5, 0.6) is 0 Å². The third-order valence-corrected chi connectivity index (χ3v) is 6.80. The molecule has 35 heavy (non-hydrogen) atoms. The van der Waals surface area contributed by atoms with Gasteiger partial charge in [-0.25, -0.2) is 0 Å². The molecule has 1 radical (unpaired) electrons. The maximum atomic E-state index is 4.99. The van der Waals surface area contributed by atoms with E-state index in [0.717, 1.165) is 17.5 Å². The molecule has 0 aliphatic rings. The van der Waals surface area contributed by atoms with Gasteiger partial charge >= 0.3 is 0 Å². The van der Waals surface area contributed by atoms with Crippen LogP contribution in [0.3, 0.4) is 0 Å². The second-order valence-corrected chi connectivity index (χ2v) is 11.5. The normalized spacial score (nSPS) is 12.3. The monoisotopic (exact) mass is 640 g/mol. The fourth-order valence-corrected chi connectivity index (χ4v) is 5.36. The molecule has 0 unspecified atom stereocenters. The van der Waals surface area contributed by atoms with Crippen LogP contribution in [0.25, 0.3) is 38.6 Å². The number of fused-ring (bicyclic) bond motifs is 6. The van der Waals surface area contributed by atoms with Crippen molar-refractivity contribution in [1.82, 2.24) is 9.38 Å². The molecule has 3 aromatic carbocycles. The van der Waals surface area contributed by atoms with Crippen LogP contribution in [0.2, 0.25) is 0 Å². The first-order chi connectivity index (χ1) is 16.2. The molecule has 0 aliphatic carbocycles. The van der Waals surface area contributed by atoms with E-state index >= 15 is 0 Å². The molecule has 0 spiro atoms. The van der Waals surface area contributed by atoms with Gasteiger partial charge in [-0.05, 0) is 51.8 Å². The summed E-state index contributed by atoms with van der Waals surface area (Å²) in [7, 11) is 0. The van der Waals surface area contributed by atoms with Gasteiger partial charge in [-0.1, -0.05) is 84.2 Å². The Morgan fingerprint density at radius 1 is 0.886 bits per heavy atom. The van der Waals surface area contributed by atoms with Crippen molar-refractivity contribution in [3.8, 4) is 11.3 Å². The summed E-state index contributed by atoms with van der Waals surface area (Å²) < 4.78 is 2.38. The van der Waals surface area contributed by atoms with Gasteiger partial charge in [0.2, 0.25) is 0 Å². The minimum absolute atomic E-state index is 0. The zero-order valence-corrected chi connectivity index (χ0v) is 24.3. The minimum Gasteiger partial charge on any atom is -0.333 e. The van der Waals surface area contributed by atoms with Gasteiger partial charge in [0.25, 0.3) is 0 Å². The van der Waals surface area contributed by atoms with E-state index in [-0.39, 0.29) is 25.5 Å². The molecule has 0 amide bonds. The van der Waals surface area contributed by atoms with Crippen LogP contribution in [0, 0.1) is 11.5 Å². The number of hydrogen-bond donors (Lipinski definition) is 0. The molecule has 3 heteroatoms. The number of nitrogens with zero attached hydrogens (tertiary/aromatic N) is 2. The molecule has 0 saturated carbocycles. The zero-order valence-electron chi connectivity index (χ0n) is 21.9. The van der Waals surface area contributed by atoms with E-state index in [2.05, 4.69) is 114 Å². The Kier molecular flexibility index (Phi) is 6.97. The van der Waals surface area contributed by atoms with Gasteiger partial charge in [-0.15, -0.1) is 29.7 Å². The molecule has 0 atom stereocenters. The Bertz CT molecular complexity index is 1490. The first kappa shape index (κ1) is 25.6. The van der Waals surface area contributed by atoms with Crippen molar-refractivity contribution in [1.29, 1.82) is 0 Å². The molecule has 5 rings (SSSR count). The minimum atomic E-state index is 0. The number of pyridine rings is 1. The second-order valence-electron chi connectivity index (χ2n) is 11.5. The van der Waals surface area contributed by atoms with E-state index in [1.54, 1.807) is 0 Å². The van der Waals surface area contributed by atoms with Crippen molar-refractivity contribution in [3.63, 3.8) is 0 Å².